The maximum Gasteiger partial charge on any atom is 0.323 e. The van der Waals surface area contributed by atoms with E-state index in [2.05, 4.69) is 50.2 Å². The van der Waals surface area contributed by atoms with Crippen molar-refractivity contribution >= 4 is 28.4 Å². The number of anilines is 1. The van der Waals surface area contributed by atoms with Crippen LogP contribution in [0.2, 0.25) is 0 Å². The summed E-state index contributed by atoms with van der Waals surface area (Å²) >= 11 is 1.41. The van der Waals surface area contributed by atoms with Gasteiger partial charge in [-0.05, 0) is 30.6 Å². The highest BCUT2D eigenvalue weighted by Crippen LogP contribution is 2.25. The van der Waals surface area contributed by atoms with E-state index in [1.807, 2.05) is 5.38 Å². The number of urea groups is 1. The van der Waals surface area contributed by atoms with Gasteiger partial charge in [0.1, 0.15) is 0 Å². The highest BCUT2D eigenvalue weighted by molar-refractivity contribution is 7.14. The number of thiazole rings is 1. The summed E-state index contributed by atoms with van der Waals surface area (Å²) in [7, 11) is 0. The van der Waals surface area contributed by atoms with Crippen molar-refractivity contribution in [3.8, 4) is 0 Å². The quantitative estimate of drug-likeness (QED) is 0.759. The minimum atomic E-state index is -0.108. The van der Waals surface area contributed by atoms with Crippen molar-refractivity contribution in [1.29, 1.82) is 0 Å². The summed E-state index contributed by atoms with van der Waals surface area (Å²) in [4.78, 5) is 30.6. The first-order valence-corrected chi connectivity index (χ1v) is 10.3. The largest absolute Gasteiger partial charge is 0.353 e. The Bertz CT molecular complexity index is 621. The molecule has 0 bridgehead atoms. The topological polar surface area (TPSA) is 74.3 Å². The van der Waals surface area contributed by atoms with E-state index < -0.39 is 0 Å². The maximum atomic E-state index is 12.5. The van der Waals surface area contributed by atoms with Crippen molar-refractivity contribution in [1.82, 2.24) is 15.6 Å². The summed E-state index contributed by atoms with van der Waals surface area (Å²) in [5, 5.41) is 8.55. The van der Waals surface area contributed by atoms with Crippen LogP contribution in [0.1, 0.15) is 59.6 Å². The molecule has 0 spiro atoms. The third-order valence-electron chi connectivity index (χ3n) is 4.61. The Morgan fingerprint density at radius 1 is 1.38 bits per heavy atom. The number of hydrogen-bond acceptors (Lipinski definition) is 4. The van der Waals surface area contributed by atoms with Crippen molar-refractivity contribution < 1.29 is 9.59 Å². The number of nitrogens with one attached hydrogen (secondary N) is 2. The minimum absolute atomic E-state index is 0.00590. The van der Waals surface area contributed by atoms with Gasteiger partial charge >= 0.3 is 6.03 Å². The minimum Gasteiger partial charge on any atom is -0.353 e. The lowest BCUT2D eigenvalue weighted by atomic mass is 9.82. The van der Waals surface area contributed by atoms with Gasteiger partial charge in [0.15, 0.2) is 5.13 Å². The van der Waals surface area contributed by atoms with Gasteiger partial charge in [0, 0.05) is 24.5 Å². The van der Waals surface area contributed by atoms with Crippen molar-refractivity contribution in [2.75, 3.05) is 18.0 Å². The molecule has 0 aromatic carbocycles. The zero-order chi connectivity index (χ0) is 19.3. The standard InChI is InChI=1S/C19H32N4O2S/c1-13(2)7-8-15(19(3,4)5)22-16(24)11-14-12-26-18(21-14)23-10-6-9-20-17(23)25/h12-13,15H,6-11H2,1-5H3,(H,20,25)(H,22,24). The van der Waals surface area contributed by atoms with E-state index >= 15 is 0 Å². The first kappa shape index (κ1) is 20.7. The van der Waals surface area contributed by atoms with E-state index in [9.17, 15) is 9.59 Å². The van der Waals surface area contributed by atoms with Gasteiger partial charge < -0.3 is 10.6 Å². The summed E-state index contributed by atoms with van der Waals surface area (Å²) in [6.07, 6.45) is 3.22. The van der Waals surface area contributed by atoms with Crippen molar-refractivity contribution in [3.05, 3.63) is 11.1 Å². The van der Waals surface area contributed by atoms with Crippen LogP contribution in [0.3, 0.4) is 0 Å². The highest BCUT2D eigenvalue weighted by atomic mass is 32.1. The Hall–Kier alpha value is -1.63. The number of amides is 3. The van der Waals surface area contributed by atoms with Crippen molar-refractivity contribution in [2.45, 2.75) is 66.3 Å². The number of carbonyl (C=O) groups excluding carboxylic acids is 2. The molecule has 7 heteroatoms. The second kappa shape index (κ2) is 8.84. The van der Waals surface area contributed by atoms with Crippen LogP contribution in [0.5, 0.6) is 0 Å². The molecule has 1 aliphatic rings. The van der Waals surface area contributed by atoms with Crippen LogP contribution in [0.15, 0.2) is 5.38 Å². The first-order chi connectivity index (χ1) is 12.2. The zero-order valence-corrected chi connectivity index (χ0v) is 17.4. The predicted molar refractivity (Wildman–Crippen MR) is 107 cm³/mol. The number of nitrogens with zero attached hydrogens (tertiary/aromatic N) is 2. The molecular formula is C19H32N4O2S. The average Bonchev–Trinajstić information content (AvgIpc) is 2.98. The fourth-order valence-corrected chi connectivity index (χ4v) is 3.79. The monoisotopic (exact) mass is 380 g/mol. The number of rotatable bonds is 7. The predicted octanol–water partition coefficient (Wildman–Crippen LogP) is 3.57. The van der Waals surface area contributed by atoms with E-state index in [0.29, 0.717) is 24.1 Å². The van der Waals surface area contributed by atoms with Crippen LogP contribution in [0.25, 0.3) is 0 Å². The normalized spacial score (nSPS) is 16.5. The van der Waals surface area contributed by atoms with Gasteiger partial charge in [-0.25, -0.2) is 9.78 Å². The van der Waals surface area contributed by atoms with Gasteiger partial charge in [-0.1, -0.05) is 34.6 Å². The molecule has 26 heavy (non-hydrogen) atoms. The average molecular weight is 381 g/mol. The molecule has 0 aliphatic carbocycles. The Kier molecular flexibility index (Phi) is 7.03. The molecule has 2 heterocycles. The molecule has 2 rings (SSSR count). The zero-order valence-electron chi connectivity index (χ0n) is 16.6. The summed E-state index contributed by atoms with van der Waals surface area (Å²) in [5.74, 6) is 0.613. The summed E-state index contributed by atoms with van der Waals surface area (Å²) < 4.78 is 0. The van der Waals surface area contributed by atoms with Crippen LogP contribution in [-0.2, 0) is 11.2 Å². The molecule has 1 aromatic heterocycles. The molecule has 2 N–H and O–H groups in total. The number of hydrogen-bond donors (Lipinski definition) is 2. The molecule has 1 saturated heterocycles. The van der Waals surface area contributed by atoms with Crippen molar-refractivity contribution in [2.24, 2.45) is 11.3 Å². The molecule has 3 amide bonds. The van der Waals surface area contributed by atoms with Crippen LogP contribution < -0.4 is 15.5 Å². The summed E-state index contributed by atoms with van der Waals surface area (Å²) in [5.41, 5.74) is 0.737. The van der Waals surface area contributed by atoms with Gasteiger partial charge in [0.25, 0.3) is 0 Å². The lowest BCUT2D eigenvalue weighted by Crippen LogP contribution is -2.46. The van der Waals surface area contributed by atoms with Crippen LogP contribution in [0, 0.1) is 11.3 Å². The van der Waals surface area contributed by atoms with E-state index in [0.717, 1.165) is 25.0 Å². The molecule has 146 valence electrons. The molecular weight excluding hydrogens is 348 g/mol. The smallest absolute Gasteiger partial charge is 0.323 e. The number of aromatic nitrogens is 1. The lowest BCUT2D eigenvalue weighted by molar-refractivity contribution is -0.122. The third kappa shape index (κ3) is 5.97. The van der Waals surface area contributed by atoms with Gasteiger partial charge in [0.2, 0.25) is 5.91 Å². The maximum absolute atomic E-state index is 12.5. The Morgan fingerprint density at radius 3 is 2.73 bits per heavy atom. The fraction of sp³-hybridized carbons (Fsp3) is 0.737. The van der Waals surface area contributed by atoms with E-state index in [1.165, 1.54) is 11.3 Å². The molecule has 1 atom stereocenters. The Labute approximate surface area is 160 Å². The molecule has 1 unspecified atom stereocenters. The van der Waals surface area contributed by atoms with Gasteiger partial charge in [-0.3, -0.25) is 9.69 Å². The second-order valence-electron chi connectivity index (χ2n) is 8.49. The fourth-order valence-electron chi connectivity index (χ4n) is 2.94. The van der Waals surface area contributed by atoms with E-state index in [4.69, 9.17) is 0 Å². The lowest BCUT2D eigenvalue weighted by Gasteiger charge is -2.32. The van der Waals surface area contributed by atoms with Crippen LogP contribution in [-0.4, -0.2) is 36.1 Å². The molecule has 1 aliphatic heterocycles. The Balaban J connectivity index is 1.95. The summed E-state index contributed by atoms with van der Waals surface area (Å²) in [6, 6.07) is 0.0338. The second-order valence-corrected chi connectivity index (χ2v) is 9.33. The third-order valence-corrected chi connectivity index (χ3v) is 5.52. The van der Waals surface area contributed by atoms with Gasteiger partial charge in [-0.2, -0.15) is 0 Å². The van der Waals surface area contributed by atoms with Gasteiger partial charge in [-0.15, -0.1) is 11.3 Å². The van der Waals surface area contributed by atoms with E-state index in [-0.39, 0.29) is 29.8 Å². The first-order valence-electron chi connectivity index (χ1n) is 9.46. The number of carbonyl (C=O) groups is 2. The highest BCUT2D eigenvalue weighted by Gasteiger charge is 2.27. The van der Waals surface area contributed by atoms with Crippen molar-refractivity contribution in [3.63, 3.8) is 0 Å². The van der Waals surface area contributed by atoms with Crippen LogP contribution in [0.4, 0.5) is 9.93 Å². The molecule has 0 radical (unpaired) electrons. The molecule has 1 aromatic rings. The SMILES string of the molecule is CC(C)CCC(NC(=O)Cc1csc(N2CCCNC2=O)n1)C(C)(C)C. The van der Waals surface area contributed by atoms with Crippen LogP contribution >= 0.6 is 11.3 Å². The molecule has 6 nitrogen and oxygen atoms in total. The van der Waals surface area contributed by atoms with Gasteiger partial charge in [0.05, 0.1) is 12.1 Å². The summed E-state index contributed by atoms with van der Waals surface area (Å²) in [6.45, 7) is 12.3. The molecule has 0 saturated carbocycles. The molecule has 1 fully saturated rings. The van der Waals surface area contributed by atoms with E-state index in [1.54, 1.807) is 4.90 Å². The Morgan fingerprint density at radius 2 is 2.12 bits per heavy atom.